The molecule has 43 heavy (non-hydrogen) atoms. The SMILES string of the molecule is CC(=O)O[C@H]1C[C@@H](C(=O)NC(CO)C(=O)OCc2ccccc2)[C@]2(C)CC[C@H]3C(=O)O[C@H](c4ccoc4)C[C@]3(C)[C@H]2C1=O. The van der Waals surface area contributed by atoms with Crippen LogP contribution in [0, 0.1) is 28.6 Å². The van der Waals surface area contributed by atoms with Crippen molar-refractivity contribution in [2.75, 3.05) is 6.61 Å². The van der Waals surface area contributed by atoms with Crippen molar-refractivity contribution in [3.05, 3.63) is 60.1 Å². The minimum atomic E-state index is -1.34. The topological polar surface area (TPSA) is 158 Å². The second-order valence-corrected chi connectivity index (χ2v) is 12.3. The average molecular weight is 596 g/mol. The highest BCUT2D eigenvalue weighted by Crippen LogP contribution is 2.65. The fourth-order valence-electron chi connectivity index (χ4n) is 7.64. The highest BCUT2D eigenvalue weighted by molar-refractivity contribution is 5.94. The van der Waals surface area contributed by atoms with Gasteiger partial charge in [-0.1, -0.05) is 44.2 Å². The lowest BCUT2D eigenvalue weighted by molar-refractivity contribution is -0.208. The molecule has 1 saturated heterocycles. The Morgan fingerprint density at radius 2 is 1.86 bits per heavy atom. The number of amides is 1. The zero-order valence-electron chi connectivity index (χ0n) is 24.4. The van der Waals surface area contributed by atoms with Crippen molar-refractivity contribution in [2.45, 2.75) is 71.3 Å². The third kappa shape index (κ3) is 5.70. The number of nitrogens with one attached hydrogen (secondary N) is 1. The molecule has 1 aliphatic heterocycles. The highest BCUT2D eigenvalue weighted by atomic mass is 16.6. The van der Waals surface area contributed by atoms with E-state index in [2.05, 4.69) is 5.32 Å². The molecule has 0 spiro atoms. The van der Waals surface area contributed by atoms with Gasteiger partial charge in [-0.05, 0) is 41.7 Å². The maximum absolute atomic E-state index is 14.1. The van der Waals surface area contributed by atoms with Gasteiger partial charge in [0.2, 0.25) is 5.91 Å². The third-order valence-corrected chi connectivity index (χ3v) is 9.65. The molecule has 2 heterocycles. The number of fused-ring (bicyclic) bond motifs is 3. The highest BCUT2D eigenvalue weighted by Gasteiger charge is 2.67. The summed E-state index contributed by atoms with van der Waals surface area (Å²) in [6, 6.07) is 9.35. The Balaban J connectivity index is 1.43. The standard InChI is InChI=1S/C32H37NO10/c1-18(35)42-24-13-22(28(37)33-23(15-34)30(39)41-16-19-7-5-4-6-8-19)31(2)11-9-21-29(38)43-25(20-10-12-40-17-20)14-32(21,3)27(31)26(24)36/h4-8,10,12,17,21-25,27,34H,9,11,13-16H2,1-3H3,(H,33,37)/t21-,22-,23?,24-,25-,27-,31-,32-/m0/s1. The van der Waals surface area contributed by atoms with Gasteiger partial charge in [-0.3, -0.25) is 19.2 Å². The minimum Gasteiger partial charge on any atom is -0.472 e. The van der Waals surface area contributed by atoms with Crippen LogP contribution in [0.2, 0.25) is 0 Å². The second-order valence-electron chi connectivity index (χ2n) is 12.3. The van der Waals surface area contributed by atoms with Crippen molar-refractivity contribution < 1.29 is 47.7 Å². The van der Waals surface area contributed by atoms with E-state index in [1.807, 2.05) is 19.9 Å². The van der Waals surface area contributed by atoms with Gasteiger partial charge >= 0.3 is 17.9 Å². The van der Waals surface area contributed by atoms with Crippen LogP contribution in [0.4, 0.5) is 0 Å². The molecule has 0 radical (unpaired) electrons. The first-order chi connectivity index (χ1) is 20.5. The molecule has 2 aliphatic carbocycles. The molecule has 1 aromatic heterocycles. The molecule has 1 amide bonds. The van der Waals surface area contributed by atoms with Crippen LogP contribution in [-0.4, -0.2) is 53.5 Å². The van der Waals surface area contributed by atoms with E-state index in [9.17, 15) is 29.1 Å². The number of esters is 3. The molecule has 2 saturated carbocycles. The van der Waals surface area contributed by atoms with E-state index in [1.54, 1.807) is 30.3 Å². The van der Waals surface area contributed by atoms with Crippen LogP contribution in [-0.2, 0) is 44.8 Å². The Morgan fingerprint density at radius 3 is 2.51 bits per heavy atom. The molecule has 2 aromatic rings. The van der Waals surface area contributed by atoms with Gasteiger partial charge in [0, 0.05) is 30.7 Å². The molecule has 1 unspecified atom stereocenters. The molecule has 2 N–H and O–H groups in total. The van der Waals surface area contributed by atoms with E-state index in [-0.39, 0.29) is 18.8 Å². The molecule has 11 heteroatoms. The maximum Gasteiger partial charge on any atom is 0.331 e. The summed E-state index contributed by atoms with van der Waals surface area (Å²) in [6.45, 7) is 4.18. The van der Waals surface area contributed by atoms with Crippen molar-refractivity contribution >= 4 is 29.6 Å². The Hall–Kier alpha value is -3.99. The largest absolute Gasteiger partial charge is 0.472 e. The lowest BCUT2D eigenvalue weighted by atomic mass is 9.43. The van der Waals surface area contributed by atoms with Crippen LogP contribution in [0.25, 0.3) is 0 Å². The van der Waals surface area contributed by atoms with Crippen LogP contribution in [0.5, 0.6) is 0 Å². The van der Waals surface area contributed by atoms with Crippen LogP contribution in [0.1, 0.15) is 63.7 Å². The average Bonchev–Trinajstić information content (AvgIpc) is 3.51. The number of aliphatic hydroxyl groups is 1. The quantitative estimate of drug-likeness (QED) is 0.343. The van der Waals surface area contributed by atoms with Crippen molar-refractivity contribution in [3.8, 4) is 0 Å². The number of cyclic esters (lactones) is 1. The second kappa shape index (κ2) is 11.9. The van der Waals surface area contributed by atoms with E-state index in [4.69, 9.17) is 18.6 Å². The number of rotatable bonds is 8. The van der Waals surface area contributed by atoms with Crippen LogP contribution >= 0.6 is 0 Å². The number of hydrogen-bond acceptors (Lipinski definition) is 10. The summed E-state index contributed by atoms with van der Waals surface area (Å²) in [4.78, 5) is 66.3. The van der Waals surface area contributed by atoms with Gasteiger partial charge in [0.1, 0.15) is 12.7 Å². The van der Waals surface area contributed by atoms with Gasteiger partial charge in [0.15, 0.2) is 17.9 Å². The first-order valence-corrected chi connectivity index (χ1v) is 14.5. The molecule has 11 nitrogen and oxygen atoms in total. The van der Waals surface area contributed by atoms with Crippen molar-refractivity contribution in [1.82, 2.24) is 5.32 Å². The summed E-state index contributed by atoms with van der Waals surface area (Å²) >= 11 is 0. The number of carbonyl (C=O) groups excluding carboxylic acids is 5. The molecule has 1 aromatic carbocycles. The fourth-order valence-corrected chi connectivity index (χ4v) is 7.64. The summed E-state index contributed by atoms with van der Waals surface area (Å²) < 4.78 is 21.8. The zero-order chi connectivity index (χ0) is 30.9. The van der Waals surface area contributed by atoms with Gasteiger partial charge in [0.05, 0.1) is 25.1 Å². The molecule has 3 fully saturated rings. The van der Waals surface area contributed by atoms with E-state index in [0.29, 0.717) is 24.8 Å². The van der Waals surface area contributed by atoms with Crippen molar-refractivity contribution in [2.24, 2.45) is 28.6 Å². The molecule has 3 aliphatic rings. The first-order valence-electron chi connectivity index (χ1n) is 14.5. The van der Waals surface area contributed by atoms with Gasteiger partial charge < -0.3 is 29.1 Å². The summed E-state index contributed by atoms with van der Waals surface area (Å²) in [5, 5.41) is 12.6. The van der Waals surface area contributed by atoms with Crippen molar-refractivity contribution in [3.63, 3.8) is 0 Å². The predicted molar refractivity (Wildman–Crippen MR) is 149 cm³/mol. The monoisotopic (exact) mass is 595 g/mol. The first kappa shape index (κ1) is 30.5. The Bertz CT molecular complexity index is 1370. The lowest BCUT2D eigenvalue weighted by Crippen LogP contribution is -2.66. The minimum absolute atomic E-state index is 0.0358. The van der Waals surface area contributed by atoms with Gasteiger partial charge in [-0.25, -0.2) is 4.79 Å². The van der Waals surface area contributed by atoms with Crippen LogP contribution < -0.4 is 5.32 Å². The smallest absolute Gasteiger partial charge is 0.331 e. The Labute approximate surface area is 249 Å². The normalized spacial score (nSPS) is 32.4. The Morgan fingerprint density at radius 1 is 1.12 bits per heavy atom. The number of carbonyl (C=O) groups is 5. The van der Waals surface area contributed by atoms with E-state index >= 15 is 0 Å². The van der Waals surface area contributed by atoms with Crippen molar-refractivity contribution in [1.29, 1.82) is 0 Å². The number of ketones is 1. The molecular formula is C32H37NO10. The lowest BCUT2D eigenvalue weighted by Gasteiger charge is -2.61. The van der Waals surface area contributed by atoms with E-state index in [1.165, 1.54) is 19.5 Å². The molecule has 230 valence electrons. The molecule has 5 rings (SSSR count). The number of Topliss-reactive ketones (excluding diaryl/α,β-unsaturated/α-hetero) is 1. The van der Waals surface area contributed by atoms with E-state index < -0.39 is 77.3 Å². The molecule has 8 atom stereocenters. The Kier molecular flexibility index (Phi) is 8.47. The third-order valence-electron chi connectivity index (χ3n) is 9.65. The van der Waals surface area contributed by atoms with Crippen LogP contribution in [0.15, 0.2) is 53.3 Å². The van der Waals surface area contributed by atoms with Gasteiger partial charge in [-0.15, -0.1) is 0 Å². The summed E-state index contributed by atoms with van der Waals surface area (Å²) in [5.41, 5.74) is -0.470. The van der Waals surface area contributed by atoms with E-state index in [0.717, 1.165) is 5.56 Å². The molecule has 0 bridgehead atoms. The number of furan rings is 1. The predicted octanol–water partition coefficient (Wildman–Crippen LogP) is 3.05. The molecular weight excluding hydrogens is 558 g/mol. The number of ether oxygens (including phenoxy) is 3. The fraction of sp³-hybridized carbons (Fsp3) is 0.531. The van der Waals surface area contributed by atoms with Gasteiger partial charge in [-0.2, -0.15) is 0 Å². The number of hydrogen-bond donors (Lipinski definition) is 2. The summed E-state index contributed by atoms with van der Waals surface area (Å²) in [5.74, 6) is -5.13. The summed E-state index contributed by atoms with van der Waals surface area (Å²) in [7, 11) is 0. The van der Waals surface area contributed by atoms with Crippen LogP contribution in [0.3, 0.4) is 0 Å². The van der Waals surface area contributed by atoms with Gasteiger partial charge in [0.25, 0.3) is 0 Å². The maximum atomic E-state index is 14.1. The number of aliphatic hydroxyl groups excluding tert-OH is 1. The zero-order valence-corrected chi connectivity index (χ0v) is 24.4. The number of benzene rings is 1. The summed E-state index contributed by atoms with van der Waals surface area (Å²) in [6.07, 6.45) is 2.06.